The summed E-state index contributed by atoms with van der Waals surface area (Å²) in [6, 6.07) is 6.37. The molecule has 28 heavy (non-hydrogen) atoms. The first-order valence-corrected chi connectivity index (χ1v) is 10.6. The van der Waals surface area contributed by atoms with Crippen molar-refractivity contribution in [2.75, 3.05) is 20.2 Å². The minimum absolute atomic E-state index is 0.202. The van der Waals surface area contributed by atoms with Gasteiger partial charge in [0.2, 0.25) is 0 Å². The lowest BCUT2D eigenvalue weighted by Gasteiger charge is -2.55. The number of rotatable bonds is 9. The first-order chi connectivity index (χ1) is 13.7. The maximum Gasteiger partial charge on any atom is 0.191 e. The van der Waals surface area contributed by atoms with Gasteiger partial charge < -0.3 is 15.4 Å². The molecular weight excluding hydrogens is 352 g/mol. The number of nitrogens with zero attached hydrogens (tertiary/aromatic N) is 4. The number of ether oxygens (including phenoxy) is 1. The van der Waals surface area contributed by atoms with Crippen LogP contribution >= 0.6 is 0 Å². The predicted octanol–water partition coefficient (Wildman–Crippen LogP) is 2.81. The molecule has 1 aliphatic carbocycles. The Morgan fingerprint density at radius 1 is 1.29 bits per heavy atom. The Kier molecular flexibility index (Phi) is 6.88. The van der Waals surface area contributed by atoms with E-state index in [1.54, 1.807) is 0 Å². The van der Waals surface area contributed by atoms with Crippen molar-refractivity contribution in [2.24, 2.45) is 10.4 Å². The zero-order valence-electron chi connectivity index (χ0n) is 17.6. The van der Waals surface area contributed by atoms with E-state index in [0.29, 0.717) is 12.1 Å². The summed E-state index contributed by atoms with van der Waals surface area (Å²) >= 11 is 0. The number of pyridine rings is 1. The van der Waals surface area contributed by atoms with E-state index >= 15 is 0 Å². The topological polar surface area (TPSA) is 75.8 Å². The average molecular weight is 387 g/mol. The number of hydrogen-bond acceptors (Lipinski definition) is 4. The minimum atomic E-state index is 0.202. The molecule has 3 rings (SSSR count). The van der Waals surface area contributed by atoms with Crippen LogP contribution in [-0.2, 0) is 11.2 Å². The maximum absolute atomic E-state index is 5.98. The van der Waals surface area contributed by atoms with E-state index in [0.717, 1.165) is 62.7 Å². The fraction of sp³-hybridized carbons (Fsp3) is 0.667. The smallest absolute Gasteiger partial charge is 0.191 e. The Morgan fingerprint density at radius 3 is 2.82 bits per heavy atom. The third-order valence-electron chi connectivity index (χ3n) is 6.26. The molecule has 2 aromatic rings. The molecule has 7 nitrogen and oxygen atoms in total. The average Bonchev–Trinajstić information content (AvgIpc) is 3.13. The Bertz CT molecular complexity index is 782. The third kappa shape index (κ3) is 3.99. The van der Waals surface area contributed by atoms with Crippen LogP contribution in [0.25, 0.3) is 5.65 Å². The molecule has 0 bridgehead atoms. The highest BCUT2D eigenvalue weighted by Gasteiger charge is 2.53. The second-order valence-electron chi connectivity index (χ2n) is 7.46. The van der Waals surface area contributed by atoms with E-state index in [2.05, 4.69) is 46.6 Å². The SMILES string of the molecule is CCOC1CC(NC(=NC)NCCCc2nnc3ccccn23)C1(CC)CC. The van der Waals surface area contributed by atoms with Crippen LogP contribution in [0, 0.1) is 5.41 Å². The van der Waals surface area contributed by atoms with Gasteiger partial charge in [0, 0.05) is 44.3 Å². The lowest BCUT2D eigenvalue weighted by Crippen LogP contribution is -2.65. The van der Waals surface area contributed by atoms with Crippen molar-refractivity contribution in [3.05, 3.63) is 30.2 Å². The standard InChI is InChI=1S/C21H34N6O/c1-5-21(6-2)16(15-17(21)28-7-3)24-20(22-4)23-13-10-12-19-26-25-18-11-8-9-14-27(18)19/h8-9,11,14,16-17H,5-7,10,12-13,15H2,1-4H3,(H2,22,23,24). The van der Waals surface area contributed by atoms with Crippen molar-refractivity contribution in [3.63, 3.8) is 0 Å². The summed E-state index contributed by atoms with van der Waals surface area (Å²) in [5.41, 5.74) is 1.10. The summed E-state index contributed by atoms with van der Waals surface area (Å²) in [7, 11) is 1.83. The second kappa shape index (κ2) is 9.37. The molecule has 0 radical (unpaired) electrons. The summed E-state index contributed by atoms with van der Waals surface area (Å²) in [5.74, 6) is 1.87. The van der Waals surface area contributed by atoms with Gasteiger partial charge in [-0.25, -0.2) is 0 Å². The normalized spacial score (nSPS) is 21.5. The Balaban J connectivity index is 1.48. The van der Waals surface area contributed by atoms with Crippen LogP contribution in [0.15, 0.2) is 29.4 Å². The van der Waals surface area contributed by atoms with E-state index in [1.807, 2.05) is 35.8 Å². The maximum atomic E-state index is 5.98. The molecule has 7 heteroatoms. The molecule has 0 aromatic carbocycles. The molecule has 1 fully saturated rings. The van der Waals surface area contributed by atoms with Gasteiger partial charge >= 0.3 is 0 Å². The quantitative estimate of drug-likeness (QED) is 0.394. The molecule has 1 saturated carbocycles. The van der Waals surface area contributed by atoms with Crippen LogP contribution in [0.1, 0.15) is 52.3 Å². The Hall–Kier alpha value is -2.15. The molecule has 0 saturated heterocycles. The number of nitrogens with one attached hydrogen (secondary N) is 2. The van der Waals surface area contributed by atoms with Crippen molar-refractivity contribution < 1.29 is 4.74 Å². The highest BCUT2D eigenvalue weighted by Crippen LogP contribution is 2.48. The van der Waals surface area contributed by atoms with Gasteiger partial charge in [-0.2, -0.15) is 0 Å². The first kappa shape index (κ1) is 20.6. The Morgan fingerprint density at radius 2 is 2.11 bits per heavy atom. The molecule has 154 valence electrons. The van der Waals surface area contributed by atoms with Gasteiger partial charge in [-0.15, -0.1) is 10.2 Å². The fourth-order valence-corrected chi connectivity index (χ4v) is 4.46. The van der Waals surface area contributed by atoms with Crippen LogP contribution in [0.3, 0.4) is 0 Å². The highest BCUT2D eigenvalue weighted by atomic mass is 16.5. The highest BCUT2D eigenvalue weighted by molar-refractivity contribution is 5.80. The van der Waals surface area contributed by atoms with Gasteiger partial charge in [-0.1, -0.05) is 19.9 Å². The van der Waals surface area contributed by atoms with E-state index in [-0.39, 0.29) is 5.41 Å². The van der Waals surface area contributed by atoms with Crippen molar-refractivity contribution in [1.82, 2.24) is 25.2 Å². The number of fused-ring (bicyclic) bond motifs is 1. The van der Waals surface area contributed by atoms with Crippen molar-refractivity contribution in [2.45, 2.75) is 65.0 Å². The number of guanidine groups is 1. The lowest BCUT2D eigenvalue weighted by molar-refractivity contribution is -0.133. The molecule has 1 aliphatic rings. The predicted molar refractivity (Wildman–Crippen MR) is 113 cm³/mol. The zero-order chi connectivity index (χ0) is 20.0. The molecule has 0 aliphatic heterocycles. The van der Waals surface area contributed by atoms with Crippen LogP contribution in [0.5, 0.6) is 0 Å². The van der Waals surface area contributed by atoms with Crippen molar-refractivity contribution in [1.29, 1.82) is 0 Å². The zero-order valence-corrected chi connectivity index (χ0v) is 17.6. The van der Waals surface area contributed by atoms with Gasteiger partial charge in [0.15, 0.2) is 11.6 Å². The Labute approximate surface area is 168 Å². The summed E-state index contributed by atoms with van der Waals surface area (Å²) in [5, 5.41) is 15.6. The molecule has 0 spiro atoms. The van der Waals surface area contributed by atoms with E-state index < -0.39 is 0 Å². The molecule has 2 N–H and O–H groups in total. The second-order valence-corrected chi connectivity index (χ2v) is 7.46. The summed E-state index contributed by atoms with van der Waals surface area (Å²) in [4.78, 5) is 4.42. The number of aryl methyl sites for hydroxylation is 1. The van der Waals surface area contributed by atoms with Crippen molar-refractivity contribution in [3.8, 4) is 0 Å². The van der Waals surface area contributed by atoms with Gasteiger partial charge in [0.05, 0.1) is 6.10 Å². The van der Waals surface area contributed by atoms with Crippen LogP contribution in [-0.4, -0.2) is 52.9 Å². The first-order valence-electron chi connectivity index (χ1n) is 10.6. The van der Waals surface area contributed by atoms with Gasteiger partial charge in [0.25, 0.3) is 0 Å². The van der Waals surface area contributed by atoms with Gasteiger partial charge in [-0.3, -0.25) is 9.39 Å². The fourth-order valence-electron chi connectivity index (χ4n) is 4.46. The van der Waals surface area contributed by atoms with E-state index in [1.165, 1.54) is 0 Å². The number of aliphatic imine (C=N–C) groups is 1. The van der Waals surface area contributed by atoms with Gasteiger partial charge in [0.1, 0.15) is 5.82 Å². The summed E-state index contributed by atoms with van der Waals surface area (Å²) < 4.78 is 8.03. The summed E-state index contributed by atoms with van der Waals surface area (Å²) in [6.07, 6.45) is 7.48. The lowest BCUT2D eigenvalue weighted by atomic mass is 9.58. The molecule has 2 aromatic heterocycles. The number of hydrogen-bond donors (Lipinski definition) is 2. The monoisotopic (exact) mass is 386 g/mol. The minimum Gasteiger partial charge on any atom is -0.378 e. The third-order valence-corrected chi connectivity index (χ3v) is 6.26. The summed E-state index contributed by atoms with van der Waals surface area (Å²) in [6.45, 7) is 8.23. The van der Waals surface area contributed by atoms with Crippen LogP contribution in [0.4, 0.5) is 0 Å². The number of aromatic nitrogens is 3. The molecule has 0 amide bonds. The van der Waals surface area contributed by atoms with Crippen LogP contribution in [0.2, 0.25) is 0 Å². The van der Waals surface area contributed by atoms with E-state index in [9.17, 15) is 0 Å². The molecule has 2 unspecified atom stereocenters. The van der Waals surface area contributed by atoms with Crippen molar-refractivity contribution >= 4 is 11.6 Å². The van der Waals surface area contributed by atoms with Crippen LogP contribution < -0.4 is 10.6 Å². The molecule has 2 heterocycles. The van der Waals surface area contributed by atoms with Gasteiger partial charge in [-0.05, 0) is 44.7 Å². The van der Waals surface area contributed by atoms with E-state index in [4.69, 9.17) is 4.74 Å². The molecular formula is C21H34N6O. The largest absolute Gasteiger partial charge is 0.378 e. The molecule has 2 atom stereocenters.